The highest BCUT2D eigenvalue weighted by atomic mass is 16.4. The first-order chi connectivity index (χ1) is 7.09. The fourth-order valence-corrected chi connectivity index (χ4v) is 1.16. The molecule has 0 aliphatic heterocycles. The van der Waals surface area contributed by atoms with Crippen LogP contribution in [0.1, 0.15) is 31.7 Å². The first kappa shape index (κ1) is 11.6. The van der Waals surface area contributed by atoms with E-state index in [-0.39, 0.29) is 0 Å². The largest absolute Gasteiger partial charge is 0.416 e. The van der Waals surface area contributed by atoms with Crippen molar-refractivity contribution < 1.29 is 4.42 Å². The number of aromatic amines is 1. The molecule has 0 saturated carbocycles. The van der Waals surface area contributed by atoms with Crippen LogP contribution in [0.15, 0.2) is 27.4 Å². The Hall–Kier alpha value is -1.51. The van der Waals surface area contributed by atoms with E-state index in [0.717, 1.165) is 12.1 Å². The van der Waals surface area contributed by atoms with Crippen LogP contribution in [0.25, 0.3) is 6.08 Å². The molecule has 0 saturated heterocycles. The lowest BCUT2D eigenvalue weighted by atomic mass is 10.1. The summed E-state index contributed by atoms with van der Waals surface area (Å²) in [5.74, 6) is 0.886. The molecule has 0 fully saturated rings. The summed E-state index contributed by atoms with van der Waals surface area (Å²) in [7, 11) is 0. The Bertz CT molecular complexity index is 408. The lowest BCUT2D eigenvalue weighted by Crippen LogP contribution is -1.94. The molecule has 0 bridgehead atoms. The highest BCUT2D eigenvalue weighted by Crippen LogP contribution is 2.04. The second-order valence-electron chi connectivity index (χ2n) is 3.90. The number of aromatic nitrogens is 1. The normalized spacial score (nSPS) is 12.3. The summed E-state index contributed by atoms with van der Waals surface area (Å²) in [4.78, 5) is 13.4. The van der Waals surface area contributed by atoms with E-state index in [2.05, 4.69) is 24.9 Å². The third-order valence-electron chi connectivity index (χ3n) is 1.98. The van der Waals surface area contributed by atoms with E-state index < -0.39 is 5.76 Å². The monoisotopic (exact) mass is 207 g/mol. The Morgan fingerprint density at radius 3 is 2.67 bits per heavy atom. The number of oxazole rings is 1. The maximum absolute atomic E-state index is 10.8. The van der Waals surface area contributed by atoms with E-state index >= 15 is 0 Å². The van der Waals surface area contributed by atoms with Crippen molar-refractivity contribution in [1.82, 2.24) is 4.98 Å². The molecule has 3 nitrogen and oxygen atoms in total. The minimum atomic E-state index is -0.404. The molecule has 1 aromatic heterocycles. The van der Waals surface area contributed by atoms with Crippen molar-refractivity contribution in [1.29, 1.82) is 0 Å². The first-order valence-electron chi connectivity index (χ1n) is 5.12. The van der Waals surface area contributed by atoms with Crippen molar-refractivity contribution in [3.63, 3.8) is 0 Å². The van der Waals surface area contributed by atoms with Crippen molar-refractivity contribution in [3.8, 4) is 0 Å². The van der Waals surface area contributed by atoms with Gasteiger partial charge in [-0.25, -0.2) is 4.79 Å². The number of H-pyrrole nitrogens is 1. The molecule has 0 amide bonds. The fourth-order valence-electron chi connectivity index (χ4n) is 1.16. The van der Waals surface area contributed by atoms with Crippen molar-refractivity contribution in [2.24, 2.45) is 5.92 Å². The molecule has 0 aromatic carbocycles. The second-order valence-corrected chi connectivity index (χ2v) is 3.90. The van der Waals surface area contributed by atoms with Gasteiger partial charge in [0.15, 0.2) is 0 Å². The molecule has 1 aromatic rings. The summed E-state index contributed by atoms with van der Waals surface area (Å²) in [6.07, 6.45) is 8.87. The van der Waals surface area contributed by atoms with Crippen LogP contribution in [0, 0.1) is 12.8 Å². The number of hydrogen-bond donors (Lipinski definition) is 1. The van der Waals surface area contributed by atoms with Gasteiger partial charge < -0.3 is 4.42 Å². The predicted molar refractivity (Wildman–Crippen MR) is 61.7 cm³/mol. The Labute approximate surface area is 89.5 Å². The zero-order valence-corrected chi connectivity index (χ0v) is 9.41. The third kappa shape index (κ3) is 4.02. The summed E-state index contributed by atoms with van der Waals surface area (Å²) in [6.45, 7) is 6.10. The summed E-state index contributed by atoms with van der Waals surface area (Å²) < 4.78 is 4.82. The maximum Gasteiger partial charge on any atom is 0.416 e. The number of rotatable bonds is 4. The number of aryl methyl sites for hydroxylation is 1. The van der Waals surface area contributed by atoms with Gasteiger partial charge in [0.2, 0.25) is 0 Å². The zero-order valence-electron chi connectivity index (χ0n) is 9.41. The summed E-state index contributed by atoms with van der Waals surface area (Å²) >= 11 is 0. The molecule has 15 heavy (non-hydrogen) atoms. The summed E-state index contributed by atoms with van der Waals surface area (Å²) in [6, 6.07) is 0. The minimum absolute atomic E-state index is 0.404. The van der Waals surface area contributed by atoms with Crippen LogP contribution in [-0.4, -0.2) is 4.98 Å². The van der Waals surface area contributed by atoms with Crippen LogP contribution in [0.5, 0.6) is 0 Å². The highest BCUT2D eigenvalue weighted by molar-refractivity contribution is 5.47. The first-order valence-corrected chi connectivity index (χ1v) is 5.12. The molecule has 1 N–H and O–H groups in total. The molecule has 0 spiro atoms. The van der Waals surface area contributed by atoms with Gasteiger partial charge in [-0.15, -0.1) is 0 Å². The fraction of sp³-hybridized carbons (Fsp3) is 0.417. The number of hydrogen-bond acceptors (Lipinski definition) is 2. The van der Waals surface area contributed by atoms with E-state index in [1.165, 1.54) is 0 Å². The summed E-state index contributed by atoms with van der Waals surface area (Å²) in [5, 5.41) is 0. The van der Waals surface area contributed by atoms with Crippen molar-refractivity contribution in [2.75, 3.05) is 0 Å². The Kier molecular flexibility index (Phi) is 4.16. The molecular formula is C12H17NO2. The van der Waals surface area contributed by atoms with Crippen molar-refractivity contribution in [2.45, 2.75) is 27.2 Å². The van der Waals surface area contributed by atoms with Gasteiger partial charge in [0.25, 0.3) is 0 Å². The molecule has 82 valence electrons. The Morgan fingerprint density at radius 1 is 1.40 bits per heavy atom. The third-order valence-corrected chi connectivity index (χ3v) is 1.98. The van der Waals surface area contributed by atoms with Gasteiger partial charge in [0, 0.05) is 0 Å². The van der Waals surface area contributed by atoms with Gasteiger partial charge >= 0.3 is 5.76 Å². The van der Waals surface area contributed by atoms with Gasteiger partial charge in [-0.2, -0.15) is 0 Å². The van der Waals surface area contributed by atoms with Crippen molar-refractivity contribution >= 4 is 6.08 Å². The molecule has 0 aliphatic rings. The van der Waals surface area contributed by atoms with Crippen LogP contribution in [0.2, 0.25) is 0 Å². The van der Waals surface area contributed by atoms with Gasteiger partial charge in [-0.05, 0) is 25.3 Å². The van der Waals surface area contributed by atoms with Crippen LogP contribution >= 0.6 is 0 Å². The van der Waals surface area contributed by atoms with Crippen LogP contribution in [0.3, 0.4) is 0 Å². The van der Waals surface area contributed by atoms with Crippen LogP contribution < -0.4 is 5.76 Å². The number of allylic oxidation sites excluding steroid dienone is 3. The molecular weight excluding hydrogens is 190 g/mol. The molecule has 1 rings (SSSR count). The van der Waals surface area contributed by atoms with Gasteiger partial charge in [0.1, 0.15) is 5.76 Å². The van der Waals surface area contributed by atoms with E-state index in [1.807, 2.05) is 18.2 Å². The standard InChI is InChI=1S/C12H17NO2/c1-9(2)7-5-4-6-8-11-10(3)15-12(14)13-11/h4-6,8-9H,7H2,1-3H3,(H,13,14)/b5-4-,8-6-. The van der Waals surface area contributed by atoms with Crippen LogP contribution in [0.4, 0.5) is 0 Å². The Morgan fingerprint density at radius 2 is 2.13 bits per heavy atom. The second kappa shape index (κ2) is 5.39. The minimum Gasteiger partial charge on any atom is -0.413 e. The average molecular weight is 207 g/mol. The zero-order chi connectivity index (χ0) is 11.3. The molecule has 0 aliphatic carbocycles. The highest BCUT2D eigenvalue weighted by Gasteiger charge is 1.99. The topological polar surface area (TPSA) is 46.0 Å². The average Bonchev–Trinajstić information content (AvgIpc) is 2.44. The summed E-state index contributed by atoms with van der Waals surface area (Å²) in [5.41, 5.74) is 0.731. The molecule has 1 heterocycles. The van der Waals surface area contributed by atoms with Gasteiger partial charge in [0.05, 0.1) is 5.69 Å². The number of nitrogens with one attached hydrogen (secondary N) is 1. The Balaban J connectivity index is 2.55. The van der Waals surface area contributed by atoms with E-state index in [0.29, 0.717) is 11.7 Å². The lowest BCUT2D eigenvalue weighted by Gasteiger charge is -1.94. The van der Waals surface area contributed by atoms with E-state index in [4.69, 9.17) is 4.42 Å². The van der Waals surface area contributed by atoms with Crippen molar-refractivity contribution in [3.05, 3.63) is 40.2 Å². The van der Waals surface area contributed by atoms with Crippen LogP contribution in [-0.2, 0) is 0 Å². The molecule has 0 atom stereocenters. The molecule has 3 heteroatoms. The maximum atomic E-state index is 10.8. The quantitative estimate of drug-likeness (QED) is 0.771. The smallest absolute Gasteiger partial charge is 0.413 e. The lowest BCUT2D eigenvalue weighted by molar-refractivity contribution is 0.488. The van der Waals surface area contributed by atoms with Gasteiger partial charge in [-0.1, -0.05) is 32.1 Å². The molecule has 0 radical (unpaired) electrons. The van der Waals surface area contributed by atoms with Gasteiger partial charge in [-0.3, -0.25) is 4.98 Å². The predicted octanol–water partition coefficient (Wildman–Crippen LogP) is 2.89. The van der Waals surface area contributed by atoms with E-state index in [9.17, 15) is 4.79 Å². The SMILES string of the molecule is Cc1oc(=O)[nH]c1/C=C\C=C/CC(C)C. The van der Waals surface area contributed by atoms with E-state index in [1.54, 1.807) is 6.92 Å². The molecule has 0 unspecified atom stereocenters.